The number of fused-ring (bicyclic) bond motifs is 2. The van der Waals surface area contributed by atoms with E-state index in [1.807, 2.05) is 10.9 Å². The van der Waals surface area contributed by atoms with E-state index >= 15 is 0 Å². The summed E-state index contributed by atoms with van der Waals surface area (Å²) in [5.74, 6) is -1.27. The topological polar surface area (TPSA) is 168 Å². The van der Waals surface area contributed by atoms with Crippen LogP contribution >= 0.6 is 0 Å². The van der Waals surface area contributed by atoms with E-state index in [9.17, 15) is 37.1 Å². The molecule has 314 valence electrons. The standard InChI is InChI=1S/C43H45F3N8O6/c1-60-34-17-31-26(16-32(34)49-38(56)30-6-3-7-35(48-30)43(44,45)46)21-53(51-31)27-10-8-24(9-11-27)20-52-22-42(23-52)18-25(19-42)14-15-47-29-5-2-4-28-37(29)41(59)54(40(28)58)33-12-13-36(55)50-39(33)57/h2-7,16-17,21,24-25,27,33,47H,8-15,18-20,22-23H2,1H3,(H,49,56)(H,50,55,57). The molecule has 5 aliphatic rings. The first-order valence-corrected chi connectivity index (χ1v) is 20.5. The number of alkyl halides is 3. The van der Waals surface area contributed by atoms with Gasteiger partial charge in [-0.1, -0.05) is 12.1 Å². The summed E-state index contributed by atoms with van der Waals surface area (Å²) >= 11 is 0. The fourth-order valence-electron chi connectivity index (χ4n) is 10.1. The summed E-state index contributed by atoms with van der Waals surface area (Å²) in [5.41, 5.74) is 1.05. The summed E-state index contributed by atoms with van der Waals surface area (Å²) < 4.78 is 47.0. The lowest BCUT2D eigenvalue weighted by molar-refractivity contribution is -0.141. The maximum atomic E-state index is 13.4. The molecule has 2 saturated carbocycles. The number of nitrogens with one attached hydrogen (secondary N) is 3. The molecular formula is C43H45F3N8O6. The van der Waals surface area contributed by atoms with E-state index in [4.69, 9.17) is 9.84 Å². The molecule has 0 bridgehead atoms. The van der Waals surface area contributed by atoms with Crippen LogP contribution < -0.4 is 20.7 Å². The number of amides is 5. The SMILES string of the molecule is COc1cc2nn(C3CCC(CN4CC5(CC(CCNc6cccc7c6C(=O)N(C6CCC(=O)NC6=O)C7=O)C5)C4)CC3)cc2cc1NC(=O)c1cccc(C(F)(F)F)n1. The first-order valence-electron chi connectivity index (χ1n) is 20.5. The van der Waals surface area contributed by atoms with E-state index in [1.165, 1.54) is 26.0 Å². The molecule has 1 spiro atoms. The minimum Gasteiger partial charge on any atom is -0.494 e. The van der Waals surface area contributed by atoms with Gasteiger partial charge in [-0.3, -0.25) is 38.9 Å². The van der Waals surface area contributed by atoms with Gasteiger partial charge in [0.1, 0.15) is 23.2 Å². The molecule has 0 radical (unpaired) electrons. The Bertz CT molecular complexity index is 2390. The van der Waals surface area contributed by atoms with Gasteiger partial charge in [0.25, 0.3) is 17.7 Å². The molecule has 14 nitrogen and oxygen atoms in total. The molecule has 2 saturated heterocycles. The number of hydrogen-bond donors (Lipinski definition) is 3. The number of methoxy groups -OCH3 is 1. The van der Waals surface area contributed by atoms with Crippen molar-refractivity contribution in [1.82, 2.24) is 29.9 Å². The van der Waals surface area contributed by atoms with Gasteiger partial charge in [0.05, 0.1) is 35.5 Å². The number of pyridine rings is 1. The van der Waals surface area contributed by atoms with Crippen molar-refractivity contribution in [2.45, 2.75) is 76.0 Å². The third-order valence-electron chi connectivity index (χ3n) is 13.0. The van der Waals surface area contributed by atoms with E-state index in [0.717, 1.165) is 74.2 Å². The van der Waals surface area contributed by atoms with Crippen LogP contribution in [-0.4, -0.2) is 93.4 Å². The van der Waals surface area contributed by atoms with Crippen molar-refractivity contribution in [1.29, 1.82) is 0 Å². The van der Waals surface area contributed by atoms with Crippen molar-refractivity contribution in [2.75, 3.05) is 43.9 Å². The van der Waals surface area contributed by atoms with Crippen molar-refractivity contribution >= 4 is 51.8 Å². The third-order valence-corrected chi connectivity index (χ3v) is 13.0. The normalized spacial score (nSPS) is 23.0. The number of ether oxygens (including phenoxy) is 1. The molecule has 17 heteroatoms. The van der Waals surface area contributed by atoms with Gasteiger partial charge >= 0.3 is 6.18 Å². The molecule has 5 heterocycles. The zero-order valence-electron chi connectivity index (χ0n) is 33.0. The smallest absolute Gasteiger partial charge is 0.433 e. The van der Waals surface area contributed by atoms with Gasteiger partial charge in [0.15, 0.2) is 0 Å². The average molecular weight is 827 g/mol. The number of rotatable bonds is 11. The fraction of sp³-hybridized carbons (Fsp3) is 0.465. The first-order chi connectivity index (χ1) is 28.8. The lowest BCUT2D eigenvalue weighted by Crippen LogP contribution is -2.63. The molecule has 4 aromatic rings. The van der Waals surface area contributed by atoms with E-state index < -0.39 is 47.4 Å². The minimum atomic E-state index is -4.67. The number of hydrogen-bond acceptors (Lipinski definition) is 10. The molecule has 2 aromatic carbocycles. The Kier molecular flexibility index (Phi) is 10.1. The number of likely N-dealkylation sites (tertiary alicyclic amines) is 1. The Labute approximate surface area is 343 Å². The van der Waals surface area contributed by atoms with Gasteiger partial charge < -0.3 is 20.3 Å². The van der Waals surface area contributed by atoms with Crippen molar-refractivity contribution in [2.24, 2.45) is 17.3 Å². The van der Waals surface area contributed by atoms with Gasteiger partial charge in [-0.2, -0.15) is 18.3 Å². The van der Waals surface area contributed by atoms with E-state index in [2.05, 4.69) is 25.8 Å². The Balaban J connectivity index is 0.719. The molecule has 9 rings (SSSR count). The molecule has 1 unspecified atom stereocenters. The van der Waals surface area contributed by atoms with Crippen molar-refractivity contribution in [3.63, 3.8) is 0 Å². The predicted octanol–water partition coefficient (Wildman–Crippen LogP) is 6.06. The average Bonchev–Trinajstić information content (AvgIpc) is 3.73. The molecule has 2 aromatic heterocycles. The Morgan fingerprint density at radius 2 is 1.72 bits per heavy atom. The minimum absolute atomic E-state index is 0.0784. The molecular weight excluding hydrogens is 782 g/mol. The number of anilines is 2. The number of piperidine rings is 1. The van der Waals surface area contributed by atoms with Gasteiger partial charge in [-0.05, 0) is 98.9 Å². The van der Waals surface area contributed by atoms with Gasteiger partial charge in [-0.25, -0.2) is 4.98 Å². The van der Waals surface area contributed by atoms with Crippen LogP contribution in [0.15, 0.2) is 54.7 Å². The van der Waals surface area contributed by atoms with E-state index in [-0.39, 0.29) is 35.7 Å². The summed E-state index contributed by atoms with van der Waals surface area (Å²) in [6.07, 6.45) is 4.96. The van der Waals surface area contributed by atoms with Gasteiger partial charge in [-0.15, -0.1) is 0 Å². The molecule has 3 aliphatic heterocycles. The molecule has 1 atom stereocenters. The number of halogens is 3. The number of carbonyl (C=O) groups excluding carboxylic acids is 5. The summed E-state index contributed by atoms with van der Waals surface area (Å²) in [4.78, 5) is 70.6. The maximum absolute atomic E-state index is 13.4. The van der Waals surface area contributed by atoms with Crippen LogP contribution in [0.3, 0.4) is 0 Å². The van der Waals surface area contributed by atoms with Crippen LogP contribution in [0, 0.1) is 17.3 Å². The second-order valence-corrected chi connectivity index (χ2v) is 17.1. The van der Waals surface area contributed by atoms with Crippen LogP contribution in [0.25, 0.3) is 10.9 Å². The Morgan fingerprint density at radius 3 is 2.45 bits per heavy atom. The quantitative estimate of drug-likeness (QED) is 0.151. The highest BCUT2D eigenvalue weighted by Crippen LogP contribution is 2.53. The lowest BCUT2D eigenvalue weighted by Gasteiger charge is -2.60. The van der Waals surface area contributed by atoms with Crippen LogP contribution in [-0.2, 0) is 15.8 Å². The Hall–Kier alpha value is -5.84. The molecule has 60 heavy (non-hydrogen) atoms. The largest absolute Gasteiger partial charge is 0.494 e. The molecule has 2 aliphatic carbocycles. The van der Waals surface area contributed by atoms with E-state index in [1.54, 1.807) is 30.3 Å². The zero-order chi connectivity index (χ0) is 41.9. The summed E-state index contributed by atoms with van der Waals surface area (Å²) in [7, 11) is 1.45. The predicted molar refractivity (Wildman–Crippen MR) is 212 cm³/mol. The van der Waals surface area contributed by atoms with Crippen molar-refractivity contribution in [3.8, 4) is 5.75 Å². The number of benzene rings is 2. The first kappa shape index (κ1) is 39.6. The number of imide groups is 2. The van der Waals surface area contributed by atoms with Crippen LogP contribution in [0.2, 0.25) is 0 Å². The van der Waals surface area contributed by atoms with Crippen LogP contribution in [0.5, 0.6) is 5.75 Å². The highest BCUT2D eigenvalue weighted by Gasteiger charge is 2.52. The summed E-state index contributed by atoms with van der Waals surface area (Å²) in [5, 5.41) is 13.9. The van der Waals surface area contributed by atoms with Crippen molar-refractivity contribution < 1.29 is 41.9 Å². The molecule has 5 amide bonds. The maximum Gasteiger partial charge on any atom is 0.433 e. The summed E-state index contributed by atoms with van der Waals surface area (Å²) in [6, 6.07) is 11.0. The highest BCUT2D eigenvalue weighted by molar-refractivity contribution is 6.25. The third kappa shape index (κ3) is 7.47. The lowest BCUT2D eigenvalue weighted by atomic mass is 9.57. The Morgan fingerprint density at radius 1 is 0.950 bits per heavy atom. The van der Waals surface area contributed by atoms with Crippen molar-refractivity contribution in [3.05, 3.63) is 77.2 Å². The number of carbonyl (C=O) groups is 5. The van der Waals surface area contributed by atoms with Gasteiger partial charge in [0, 0.05) is 55.9 Å². The van der Waals surface area contributed by atoms with Crippen LogP contribution in [0.1, 0.15) is 101 Å². The van der Waals surface area contributed by atoms with Crippen LogP contribution in [0.4, 0.5) is 24.5 Å². The van der Waals surface area contributed by atoms with Gasteiger partial charge in [0.2, 0.25) is 11.8 Å². The monoisotopic (exact) mass is 826 g/mol. The summed E-state index contributed by atoms with van der Waals surface area (Å²) in [6.45, 7) is 3.99. The molecule has 3 N–H and O–H groups in total. The fourth-order valence-corrected chi connectivity index (χ4v) is 10.1. The number of aromatic nitrogens is 3. The number of nitrogens with zero attached hydrogens (tertiary/aromatic N) is 5. The second kappa shape index (κ2) is 15.3. The zero-order valence-corrected chi connectivity index (χ0v) is 33.0. The highest BCUT2D eigenvalue weighted by atomic mass is 19.4. The van der Waals surface area contributed by atoms with E-state index in [0.29, 0.717) is 46.4 Å². The molecule has 4 fully saturated rings. The second-order valence-electron chi connectivity index (χ2n) is 17.1.